The van der Waals surface area contributed by atoms with Crippen molar-refractivity contribution < 1.29 is 22.3 Å². The van der Waals surface area contributed by atoms with Crippen molar-refractivity contribution in [3.63, 3.8) is 0 Å². The number of alkyl halides is 3. The van der Waals surface area contributed by atoms with E-state index in [0.29, 0.717) is 16.3 Å². The van der Waals surface area contributed by atoms with Crippen LogP contribution < -0.4 is 10.5 Å². The Bertz CT molecular complexity index is 588. The van der Waals surface area contributed by atoms with Crippen LogP contribution in [0, 0.1) is 5.82 Å². The summed E-state index contributed by atoms with van der Waals surface area (Å²) in [7, 11) is 0. The lowest BCUT2D eigenvalue weighted by molar-refractivity contribution is -0.275. The summed E-state index contributed by atoms with van der Waals surface area (Å²) in [6.45, 7) is 0.252. The molecule has 110 valence electrons. The van der Waals surface area contributed by atoms with Gasteiger partial charge in [0.05, 0.1) is 5.69 Å². The fourth-order valence-electron chi connectivity index (χ4n) is 1.40. The molecule has 1 aromatic heterocycles. The van der Waals surface area contributed by atoms with E-state index in [1.807, 2.05) is 0 Å². The van der Waals surface area contributed by atoms with E-state index in [1.165, 1.54) is 17.4 Å². The fraction of sp³-hybridized carbons (Fsp3) is 0.182. The van der Waals surface area contributed by atoms with Gasteiger partial charge in [-0.2, -0.15) is 0 Å². The second kappa shape index (κ2) is 6.38. The Hall–Kier alpha value is -1.38. The van der Waals surface area contributed by atoms with Crippen LogP contribution >= 0.6 is 23.7 Å². The van der Waals surface area contributed by atoms with E-state index >= 15 is 0 Å². The van der Waals surface area contributed by atoms with Crippen molar-refractivity contribution >= 4 is 23.7 Å². The molecule has 0 saturated heterocycles. The molecule has 1 aromatic carbocycles. The molecular weight excluding hydrogens is 320 g/mol. The van der Waals surface area contributed by atoms with Crippen LogP contribution in [0.2, 0.25) is 0 Å². The van der Waals surface area contributed by atoms with Crippen molar-refractivity contribution in [3.8, 4) is 17.0 Å². The predicted molar refractivity (Wildman–Crippen MR) is 69.3 cm³/mol. The Labute approximate surface area is 121 Å². The van der Waals surface area contributed by atoms with E-state index in [0.717, 1.165) is 12.1 Å². The maximum absolute atomic E-state index is 13.5. The molecule has 3 nitrogen and oxygen atoms in total. The van der Waals surface area contributed by atoms with Gasteiger partial charge in [-0.25, -0.2) is 9.37 Å². The number of benzene rings is 1. The zero-order valence-electron chi connectivity index (χ0n) is 9.78. The van der Waals surface area contributed by atoms with Gasteiger partial charge in [-0.15, -0.1) is 36.9 Å². The molecular formula is C11H9ClF4N2OS. The lowest BCUT2D eigenvalue weighted by Crippen LogP contribution is -2.17. The Morgan fingerprint density at radius 1 is 1.30 bits per heavy atom. The molecule has 9 heteroatoms. The molecule has 0 atom stereocenters. The Kier molecular flexibility index (Phi) is 5.32. The molecule has 2 rings (SSSR count). The van der Waals surface area contributed by atoms with E-state index in [4.69, 9.17) is 5.73 Å². The summed E-state index contributed by atoms with van der Waals surface area (Å²) in [4.78, 5) is 4.11. The SMILES string of the molecule is Cl.NCc1nc(-c2ccc(OC(F)(F)F)c(F)c2)cs1. The number of ether oxygens (including phenoxy) is 1. The number of rotatable bonds is 3. The smallest absolute Gasteiger partial charge is 0.403 e. The number of hydrogen-bond acceptors (Lipinski definition) is 4. The van der Waals surface area contributed by atoms with E-state index in [2.05, 4.69) is 9.72 Å². The molecule has 0 saturated carbocycles. The van der Waals surface area contributed by atoms with Crippen molar-refractivity contribution in [2.24, 2.45) is 5.73 Å². The van der Waals surface area contributed by atoms with Crippen molar-refractivity contribution in [3.05, 3.63) is 34.4 Å². The zero-order valence-corrected chi connectivity index (χ0v) is 11.4. The third-order valence-electron chi connectivity index (χ3n) is 2.18. The standard InChI is InChI=1S/C11H8F4N2OS.ClH/c12-7-3-6(8-5-19-10(4-16)17-8)1-2-9(7)18-11(13,14)15;/h1-3,5H,4,16H2;1H. The quantitative estimate of drug-likeness (QED) is 0.873. The zero-order chi connectivity index (χ0) is 14.0. The minimum atomic E-state index is -4.92. The summed E-state index contributed by atoms with van der Waals surface area (Å²) in [6.07, 6.45) is -4.92. The van der Waals surface area contributed by atoms with E-state index in [-0.39, 0.29) is 19.0 Å². The molecule has 0 aliphatic carbocycles. The van der Waals surface area contributed by atoms with Crippen LogP contribution in [-0.2, 0) is 6.54 Å². The highest BCUT2D eigenvalue weighted by molar-refractivity contribution is 7.09. The van der Waals surface area contributed by atoms with Gasteiger partial charge in [-0.3, -0.25) is 0 Å². The van der Waals surface area contributed by atoms with Gasteiger partial charge in [-0.1, -0.05) is 0 Å². The number of nitrogens with zero attached hydrogens (tertiary/aromatic N) is 1. The second-order valence-electron chi connectivity index (χ2n) is 3.52. The first-order valence-corrected chi connectivity index (χ1v) is 5.97. The lowest BCUT2D eigenvalue weighted by Gasteiger charge is -2.09. The van der Waals surface area contributed by atoms with Crippen LogP contribution in [0.4, 0.5) is 17.6 Å². The summed E-state index contributed by atoms with van der Waals surface area (Å²) in [6, 6.07) is 3.16. The highest BCUT2D eigenvalue weighted by atomic mass is 35.5. The molecule has 1 heterocycles. The van der Waals surface area contributed by atoms with Crippen molar-refractivity contribution in [2.45, 2.75) is 12.9 Å². The average molecular weight is 329 g/mol. The number of aromatic nitrogens is 1. The monoisotopic (exact) mass is 328 g/mol. The number of nitrogens with two attached hydrogens (primary N) is 1. The highest BCUT2D eigenvalue weighted by Crippen LogP contribution is 2.30. The first kappa shape index (κ1) is 16.7. The molecule has 2 N–H and O–H groups in total. The van der Waals surface area contributed by atoms with E-state index < -0.39 is 17.9 Å². The molecule has 2 aromatic rings. The topological polar surface area (TPSA) is 48.1 Å². The molecule has 0 fully saturated rings. The predicted octanol–water partition coefficient (Wildman–Crippen LogP) is 3.73. The number of halogens is 5. The summed E-state index contributed by atoms with van der Waals surface area (Å²) in [5.41, 5.74) is 6.22. The van der Waals surface area contributed by atoms with E-state index in [1.54, 1.807) is 5.38 Å². The van der Waals surface area contributed by atoms with E-state index in [9.17, 15) is 17.6 Å². The van der Waals surface area contributed by atoms with Gasteiger partial charge in [0.1, 0.15) is 5.01 Å². The van der Waals surface area contributed by atoms with Gasteiger partial charge < -0.3 is 10.5 Å². The van der Waals surface area contributed by atoms with Crippen molar-refractivity contribution in [1.82, 2.24) is 4.98 Å². The molecule has 0 amide bonds. The summed E-state index contributed by atoms with van der Waals surface area (Å²) < 4.78 is 53.0. The highest BCUT2D eigenvalue weighted by Gasteiger charge is 2.32. The average Bonchev–Trinajstić information content (AvgIpc) is 2.79. The van der Waals surface area contributed by atoms with Crippen LogP contribution in [0.1, 0.15) is 5.01 Å². The van der Waals surface area contributed by atoms with Crippen molar-refractivity contribution in [1.29, 1.82) is 0 Å². The minimum Gasteiger partial charge on any atom is -0.403 e. The number of hydrogen-bond donors (Lipinski definition) is 1. The van der Waals surface area contributed by atoms with Gasteiger partial charge in [0.25, 0.3) is 0 Å². The molecule has 20 heavy (non-hydrogen) atoms. The first-order valence-electron chi connectivity index (χ1n) is 5.09. The molecule has 0 radical (unpaired) electrons. The van der Waals surface area contributed by atoms with Crippen LogP contribution in [0.15, 0.2) is 23.6 Å². The lowest BCUT2D eigenvalue weighted by atomic mass is 10.1. The summed E-state index contributed by atoms with van der Waals surface area (Å²) in [5, 5.41) is 2.31. The van der Waals surface area contributed by atoms with Gasteiger partial charge in [-0.05, 0) is 18.2 Å². The summed E-state index contributed by atoms with van der Waals surface area (Å²) in [5.74, 6) is -1.97. The van der Waals surface area contributed by atoms with Gasteiger partial charge >= 0.3 is 6.36 Å². The van der Waals surface area contributed by atoms with Gasteiger partial charge in [0.2, 0.25) is 0 Å². The first-order chi connectivity index (χ1) is 8.89. The molecule has 0 bridgehead atoms. The van der Waals surface area contributed by atoms with Gasteiger partial charge in [0, 0.05) is 17.5 Å². The molecule has 0 spiro atoms. The largest absolute Gasteiger partial charge is 0.573 e. The van der Waals surface area contributed by atoms with Crippen molar-refractivity contribution in [2.75, 3.05) is 0 Å². The third kappa shape index (κ3) is 4.06. The Balaban J connectivity index is 0.00000200. The minimum absolute atomic E-state index is 0. The van der Waals surface area contributed by atoms with Crippen LogP contribution in [-0.4, -0.2) is 11.3 Å². The third-order valence-corrected chi connectivity index (χ3v) is 3.05. The maximum atomic E-state index is 13.5. The molecule has 0 aliphatic rings. The van der Waals surface area contributed by atoms with Gasteiger partial charge in [0.15, 0.2) is 11.6 Å². The Morgan fingerprint density at radius 2 is 2.00 bits per heavy atom. The normalized spacial score (nSPS) is 11.1. The number of thiazole rings is 1. The molecule has 0 unspecified atom stereocenters. The summed E-state index contributed by atoms with van der Waals surface area (Å²) >= 11 is 1.29. The van der Waals surface area contributed by atoms with Crippen LogP contribution in [0.3, 0.4) is 0 Å². The Morgan fingerprint density at radius 3 is 2.50 bits per heavy atom. The van der Waals surface area contributed by atoms with Crippen LogP contribution in [0.25, 0.3) is 11.3 Å². The fourth-order valence-corrected chi connectivity index (χ4v) is 2.09. The maximum Gasteiger partial charge on any atom is 0.573 e. The van der Waals surface area contributed by atoms with Crippen LogP contribution in [0.5, 0.6) is 5.75 Å². The molecule has 0 aliphatic heterocycles. The second-order valence-corrected chi connectivity index (χ2v) is 4.47.